The fraction of sp³-hybridized carbons (Fsp3) is 0.312. The van der Waals surface area contributed by atoms with Gasteiger partial charge in [0.25, 0.3) is 0 Å². The van der Waals surface area contributed by atoms with Crippen molar-refractivity contribution >= 4 is 16.8 Å². The highest BCUT2D eigenvalue weighted by Crippen LogP contribution is 2.34. The Morgan fingerprint density at radius 3 is 2.74 bits per heavy atom. The highest BCUT2D eigenvalue weighted by molar-refractivity contribution is 5.97. The van der Waals surface area contributed by atoms with Gasteiger partial charge in [0.1, 0.15) is 5.75 Å². The Labute approximate surface area is 133 Å². The van der Waals surface area contributed by atoms with Gasteiger partial charge in [-0.05, 0) is 25.1 Å². The van der Waals surface area contributed by atoms with E-state index in [1.807, 2.05) is 39.2 Å². The molecule has 2 aromatic heterocycles. The van der Waals surface area contributed by atoms with Crippen molar-refractivity contribution < 1.29 is 9.53 Å². The predicted octanol–water partition coefficient (Wildman–Crippen LogP) is 1.32. The molecule has 3 aromatic rings. The van der Waals surface area contributed by atoms with E-state index in [0.29, 0.717) is 11.6 Å². The molecule has 0 aliphatic carbocycles. The summed E-state index contributed by atoms with van der Waals surface area (Å²) >= 11 is 0. The number of aryl methyl sites for hydroxylation is 2. The number of fused-ring (bicyclic) bond motifs is 1. The van der Waals surface area contributed by atoms with Crippen LogP contribution in [0.25, 0.3) is 22.3 Å². The number of nitrogens with zero attached hydrogens (tertiary/aromatic N) is 4. The predicted molar refractivity (Wildman–Crippen MR) is 87.1 cm³/mol. The van der Waals surface area contributed by atoms with E-state index in [-0.39, 0.29) is 6.42 Å². The van der Waals surface area contributed by atoms with Gasteiger partial charge in [0.15, 0.2) is 11.6 Å². The number of aromatic nitrogens is 4. The van der Waals surface area contributed by atoms with Crippen LogP contribution in [0.5, 0.6) is 5.75 Å². The van der Waals surface area contributed by atoms with Crippen LogP contribution in [0.3, 0.4) is 0 Å². The zero-order valence-corrected chi connectivity index (χ0v) is 13.6. The zero-order valence-electron chi connectivity index (χ0n) is 13.6. The maximum Gasteiger partial charge on any atom is 0.225 e. The lowest BCUT2D eigenvalue weighted by molar-refractivity contribution is -0.117. The van der Waals surface area contributed by atoms with Gasteiger partial charge in [-0.3, -0.25) is 4.79 Å². The third-order valence-corrected chi connectivity index (χ3v) is 4.06. The van der Waals surface area contributed by atoms with Crippen LogP contribution >= 0.6 is 0 Å². The van der Waals surface area contributed by atoms with Gasteiger partial charge in [-0.15, -0.1) is 0 Å². The molecule has 2 heterocycles. The Balaban J connectivity index is 2.25. The van der Waals surface area contributed by atoms with Crippen LogP contribution < -0.4 is 10.5 Å². The minimum Gasteiger partial charge on any atom is -0.497 e. The minimum absolute atomic E-state index is 0.0287. The summed E-state index contributed by atoms with van der Waals surface area (Å²) in [5.41, 5.74) is 8.36. The first-order chi connectivity index (χ1) is 10.9. The number of carbonyl (C=O) groups excluding carboxylic acids is 1. The lowest BCUT2D eigenvalue weighted by Crippen LogP contribution is -2.14. The summed E-state index contributed by atoms with van der Waals surface area (Å²) in [6, 6.07) is 5.94. The van der Waals surface area contributed by atoms with Crippen molar-refractivity contribution in [2.24, 2.45) is 19.8 Å². The molecule has 0 unspecified atom stereocenters. The second-order valence-electron chi connectivity index (χ2n) is 5.52. The van der Waals surface area contributed by atoms with Gasteiger partial charge in [-0.2, -0.15) is 5.10 Å². The average Bonchev–Trinajstić information content (AvgIpc) is 2.96. The molecule has 0 aliphatic rings. The van der Waals surface area contributed by atoms with E-state index in [4.69, 9.17) is 10.5 Å². The first kappa shape index (κ1) is 15.1. The molecular formula is C16H19N5O2. The molecule has 0 fully saturated rings. The van der Waals surface area contributed by atoms with Crippen molar-refractivity contribution in [1.29, 1.82) is 0 Å². The summed E-state index contributed by atoms with van der Waals surface area (Å²) in [6.45, 7) is 2.03. The van der Waals surface area contributed by atoms with Crippen molar-refractivity contribution in [1.82, 2.24) is 19.3 Å². The topological polar surface area (TPSA) is 88.0 Å². The Kier molecular flexibility index (Phi) is 3.55. The number of rotatable bonds is 4. The third-order valence-electron chi connectivity index (χ3n) is 4.06. The van der Waals surface area contributed by atoms with Gasteiger partial charge in [-0.1, -0.05) is 0 Å². The summed E-state index contributed by atoms with van der Waals surface area (Å²) in [5.74, 6) is 1.47. The number of amides is 1. The van der Waals surface area contributed by atoms with Crippen LogP contribution in [0.2, 0.25) is 0 Å². The Morgan fingerprint density at radius 2 is 2.09 bits per heavy atom. The van der Waals surface area contributed by atoms with E-state index < -0.39 is 5.91 Å². The average molecular weight is 313 g/mol. The first-order valence-electron chi connectivity index (χ1n) is 7.24. The molecule has 1 amide bonds. The van der Waals surface area contributed by atoms with Gasteiger partial charge < -0.3 is 15.0 Å². The van der Waals surface area contributed by atoms with Gasteiger partial charge >= 0.3 is 0 Å². The summed E-state index contributed by atoms with van der Waals surface area (Å²) < 4.78 is 9.12. The Bertz CT molecular complexity index is 907. The fourth-order valence-corrected chi connectivity index (χ4v) is 2.85. The molecule has 0 saturated carbocycles. The van der Waals surface area contributed by atoms with E-state index in [1.165, 1.54) is 0 Å². The number of hydrogen-bond acceptors (Lipinski definition) is 4. The van der Waals surface area contributed by atoms with Crippen LogP contribution in [-0.4, -0.2) is 32.3 Å². The molecule has 1 aromatic carbocycles. The van der Waals surface area contributed by atoms with Gasteiger partial charge in [0.05, 0.1) is 13.5 Å². The molecule has 23 heavy (non-hydrogen) atoms. The lowest BCUT2D eigenvalue weighted by atomic mass is 10.1. The molecule has 3 rings (SSSR count). The highest BCUT2D eigenvalue weighted by atomic mass is 16.5. The van der Waals surface area contributed by atoms with Crippen molar-refractivity contribution in [2.45, 2.75) is 13.3 Å². The van der Waals surface area contributed by atoms with Crippen LogP contribution in [-0.2, 0) is 25.3 Å². The van der Waals surface area contributed by atoms with Crippen LogP contribution in [0, 0.1) is 6.92 Å². The number of benzene rings is 1. The highest BCUT2D eigenvalue weighted by Gasteiger charge is 2.20. The molecule has 0 saturated heterocycles. The number of carbonyl (C=O) groups is 1. The lowest BCUT2D eigenvalue weighted by Gasteiger charge is -2.02. The molecule has 120 valence electrons. The fourth-order valence-electron chi connectivity index (χ4n) is 2.85. The van der Waals surface area contributed by atoms with Crippen LogP contribution in [0.4, 0.5) is 0 Å². The number of ether oxygens (including phenoxy) is 1. The quantitative estimate of drug-likeness (QED) is 0.787. The number of methoxy groups -OCH3 is 1. The number of nitrogens with two attached hydrogens (primary N) is 1. The second kappa shape index (κ2) is 5.42. The van der Waals surface area contributed by atoms with Gasteiger partial charge in [0.2, 0.25) is 5.91 Å². The zero-order chi connectivity index (χ0) is 16.7. The molecule has 0 radical (unpaired) electrons. The number of hydrogen-bond donors (Lipinski definition) is 1. The molecule has 2 N–H and O–H groups in total. The molecule has 0 aliphatic heterocycles. The summed E-state index contributed by atoms with van der Waals surface area (Å²) in [7, 11) is 5.46. The molecule has 7 nitrogen and oxygen atoms in total. The van der Waals surface area contributed by atoms with E-state index in [2.05, 4.69) is 14.6 Å². The van der Waals surface area contributed by atoms with E-state index >= 15 is 0 Å². The maximum atomic E-state index is 11.1. The van der Waals surface area contributed by atoms with E-state index in [1.54, 1.807) is 11.8 Å². The van der Waals surface area contributed by atoms with Crippen molar-refractivity contribution in [2.75, 3.05) is 7.11 Å². The smallest absolute Gasteiger partial charge is 0.225 e. The normalized spacial score (nSPS) is 11.1. The van der Waals surface area contributed by atoms with E-state index in [0.717, 1.165) is 27.9 Å². The Hall–Kier alpha value is -2.83. The largest absolute Gasteiger partial charge is 0.497 e. The Morgan fingerprint density at radius 1 is 1.35 bits per heavy atom. The SMILES string of the molecule is COc1ccc2c(c1)c(-c1nc(CC(N)=O)nn1C)c(C)n2C. The third kappa shape index (κ3) is 2.44. The summed E-state index contributed by atoms with van der Waals surface area (Å²) in [4.78, 5) is 15.6. The molecule has 7 heteroatoms. The minimum atomic E-state index is -0.446. The van der Waals surface area contributed by atoms with E-state index in [9.17, 15) is 4.79 Å². The van der Waals surface area contributed by atoms with Crippen LogP contribution in [0.15, 0.2) is 18.2 Å². The van der Waals surface area contributed by atoms with Crippen molar-refractivity contribution in [3.05, 3.63) is 29.7 Å². The molecular weight excluding hydrogens is 294 g/mol. The van der Waals surface area contributed by atoms with Crippen LogP contribution in [0.1, 0.15) is 11.5 Å². The van der Waals surface area contributed by atoms with Crippen molar-refractivity contribution in [3.8, 4) is 17.1 Å². The van der Waals surface area contributed by atoms with Crippen molar-refractivity contribution in [3.63, 3.8) is 0 Å². The molecule has 0 bridgehead atoms. The summed E-state index contributed by atoms with van der Waals surface area (Å²) in [6.07, 6.45) is 0.0287. The van der Waals surface area contributed by atoms with Gasteiger partial charge in [-0.25, -0.2) is 9.67 Å². The monoisotopic (exact) mass is 313 g/mol. The maximum absolute atomic E-state index is 11.1. The first-order valence-corrected chi connectivity index (χ1v) is 7.24. The standard InChI is InChI=1S/C16H19N5O2/c1-9-15(16-18-14(8-13(17)22)19-21(16)3)11-7-10(23-4)5-6-12(11)20(9)2/h5-7H,8H2,1-4H3,(H2,17,22). The van der Waals surface area contributed by atoms with Gasteiger partial charge in [0, 0.05) is 36.3 Å². The molecule has 0 atom stereocenters. The number of primary amides is 1. The second-order valence-corrected chi connectivity index (χ2v) is 5.52. The molecule has 0 spiro atoms. The summed E-state index contributed by atoms with van der Waals surface area (Å²) in [5, 5.41) is 5.32.